The van der Waals surface area contributed by atoms with E-state index in [-0.39, 0.29) is 5.91 Å². The molecule has 0 radical (unpaired) electrons. The summed E-state index contributed by atoms with van der Waals surface area (Å²) in [5.74, 6) is 1.67. The predicted molar refractivity (Wildman–Crippen MR) is 173 cm³/mol. The second-order valence-corrected chi connectivity index (χ2v) is 11.6. The van der Waals surface area contributed by atoms with Crippen molar-refractivity contribution in [2.75, 3.05) is 26.2 Å². The number of benzene rings is 3. The van der Waals surface area contributed by atoms with Gasteiger partial charge in [0.2, 0.25) is 11.8 Å². The molecule has 0 unspecified atom stereocenters. The van der Waals surface area contributed by atoms with Crippen molar-refractivity contribution in [2.45, 2.75) is 40.8 Å². The molecule has 222 valence electrons. The van der Waals surface area contributed by atoms with Gasteiger partial charge in [-0.3, -0.25) is 9.69 Å². The number of halogens is 1. The van der Waals surface area contributed by atoms with E-state index in [9.17, 15) is 4.79 Å². The number of rotatable bonds is 9. The van der Waals surface area contributed by atoms with Gasteiger partial charge in [-0.15, -0.1) is 0 Å². The van der Waals surface area contributed by atoms with Gasteiger partial charge in [-0.2, -0.15) is 0 Å². The Balaban J connectivity index is 1.15. The summed E-state index contributed by atoms with van der Waals surface area (Å²) in [5, 5.41) is 0.456. The van der Waals surface area contributed by atoms with Gasteiger partial charge in [0.15, 0.2) is 5.75 Å². The standard InChI is InChI=1S/C36H38ClN3O3/c1-25-5-9-29(10-6-25)23-39-15-17-40(18-16-39)36(41)28(4)20-31-19-27(3)35(33(37)21-31)43-34-14-13-32(22-38-34)42-24-30-11-7-26(2)8-12-30/h5-14,19-22H,15-18,23-24H2,1-4H3. The Kier molecular flexibility index (Phi) is 9.80. The van der Waals surface area contributed by atoms with Crippen LogP contribution in [0.3, 0.4) is 0 Å². The van der Waals surface area contributed by atoms with Gasteiger partial charge in [0, 0.05) is 44.4 Å². The lowest BCUT2D eigenvalue weighted by Gasteiger charge is -2.35. The largest absolute Gasteiger partial charge is 0.487 e. The van der Waals surface area contributed by atoms with Crippen molar-refractivity contribution in [3.8, 4) is 17.4 Å². The van der Waals surface area contributed by atoms with E-state index < -0.39 is 0 Å². The lowest BCUT2D eigenvalue weighted by atomic mass is 10.1. The van der Waals surface area contributed by atoms with E-state index in [4.69, 9.17) is 21.1 Å². The molecular weight excluding hydrogens is 558 g/mol. The zero-order valence-corrected chi connectivity index (χ0v) is 26.0. The van der Waals surface area contributed by atoms with Gasteiger partial charge in [-0.25, -0.2) is 4.98 Å². The lowest BCUT2D eigenvalue weighted by Crippen LogP contribution is -2.48. The Morgan fingerprint density at radius 1 is 0.884 bits per heavy atom. The average Bonchev–Trinajstić information content (AvgIpc) is 3.00. The van der Waals surface area contributed by atoms with E-state index in [0.717, 1.165) is 36.3 Å². The highest BCUT2D eigenvalue weighted by atomic mass is 35.5. The summed E-state index contributed by atoms with van der Waals surface area (Å²) >= 11 is 6.64. The van der Waals surface area contributed by atoms with Crippen LogP contribution in [-0.4, -0.2) is 46.9 Å². The first-order valence-electron chi connectivity index (χ1n) is 14.6. The Hall–Kier alpha value is -4.13. The van der Waals surface area contributed by atoms with Gasteiger partial charge in [0.25, 0.3) is 0 Å². The van der Waals surface area contributed by atoms with Crippen LogP contribution in [-0.2, 0) is 17.9 Å². The summed E-state index contributed by atoms with van der Waals surface area (Å²) in [6, 6.07) is 24.3. The fourth-order valence-corrected chi connectivity index (χ4v) is 5.37. The first-order chi connectivity index (χ1) is 20.7. The summed E-state index contributed by atoms with van der Waals surface area (Å²) in [5.41, 5.74) is 7.26. The van der Waals surface area contributed by atoms with E-state index in [1.54, 1.807) is 12.3 Å². The maximum Gasteiger partial charge on any atom is 0.249 e. The van der Waals surface area contributed by atoms with Gasteiger partial charge in [-0.05, 0) is 74.2 Å². The van der Waals surface area contributed by atoms with Crippen molar-refractivity contribution in [2.24, 2.45) is 0 Å². The number of carbonyl (C=O) groups is 1. The molecule has 1 fully saturated rings. The molecule has 6 nitrogen and oxygen atoms in total. The van der Waals surface area contributed by atoms with E-state index >= 15 is 0 Å². The molecule has 0 N–H and O–H groups in total. The van der Waals surface area contributed by atoms with E-state index in [1.807, 2.05) is 43.0 Å². The fourth-order valence-electron chi connectivity index (χ4n) is 5.06. The third kappa shape index (κ3) is 8.25. The first-order valence-corrected chi connectivity index (χ1v) is 15.0. The Morgan fingerprint density at radius 2 is 1.53 bits per heavy atom. The highest BCUT2D eigenvalue weighted by Gasteiger charge is 2.22. The topological polar surface area (TPSA) is 54.9 Å². The summed E-state index contributed by atoms with van der Waals surface area (Å²) < 4.78 is 11.9. The van der Waals surface area contributed by atoms with Crippen LogP contribution in [0.1, 0.15) is 40.3 Å². The van der Waals surface area contributed by atoms with Gasteiger partial charge in [0.1, 0.15) is 12.4 Å². The van der Waals surface area contributed by atoms with Crippen molar-refractivity contribution < 1.29 is 14.3 Å². The molecule has 0 bridgehead atoms. The molecule has 1 aliphatic heterocycles. The molecule has 1 amide bonds. The zero-order valence-electron chi connectivity index (χ0n) is 25.3. The normalized spacial score (nSPS) is 14.1. The lowest BCUT2D eigenvalue weighted by molar-refractivity contribution is -0.128. The number of amides is 1. The van der Waals surface area contributed by atoms with Crippen molar-refractivity contribution >= 4 is 23.6 Å². The van der Waals surface area contributed by atoms with Crippen LogP contribution in [0.5, 0.6) is 17.4 Å². The minimum atomic E-state index is 0.0537. The smallest absolute Gasteiger partial charge is 0.249 e. The molecule has 0 saturated carbocycles. The summed E-state index contributed by atoms with van der Waals surface area (Å²) in [7, 11) is 0. The molecule has 7 heteroatoms. The highest BCUT2D eigenvalue weighted by Crippen LogP contribution is 2.34. The predicted octanol–water partition coefficient (Wildman–Crippen LogP) is 7.78. The molecule has 1 aromatic heterocycles. The Labute approximate surface area is 259 Å². The number of hydrogen-bond acceptors (Lipinski definition) is 5. The van der Waals surface area contributed by atoms with Crippen LogP contribution in [0.15, 0.2) is 84.6 Å². The van der Waals surface area contributed by atoms with Crippen molar-refractivity contribution in [3.05, 3.63) is 123 Å². The number of hydrogen-bond donors (Lipinski definition) is 0. The number of piperazine rings is 1. The molecule has 3 aromatic carbocycles. The highest BCUT2D eigenvalue weighted by molar-refractivity contribution is 6.32. The van der Waals surface area contributed by atoms with Crippen LogP contribution >= 0.6 is 11.6 Å². The van der Waals surface area contributed by atoms with Gasteiger partial charge in [-0.1, -0.05) is 71.3 Å². The number of nitrogens with zero attached hydrogens (tertiary/aromatic N) is 3. The Bertz CT molecular complexity index is 1550. The van der Waals surface area contributed by atoms with Crippen LogP contribution in [0.2, 0.25) is 5.02 Å². The Morgan fingerprint density at radius 3 is 2.14 bits per heavy atom. The van der Waals surface area contributed by atoms with E-state index in [2.05, 4.69) is 72.3 Å². The van der Waals surface area contributed by atoms with Gasteiger partial charge < -0.3 is 14.4 Å². The monoisotopic (exact) mass is 595 g/mol. The number of carbonyl (C=O) groups excluding carboxylic acids is 1. The molecule has 43 heavy (non-hydrogen) atoms. The number of aryl methyl sites for hydroxylation is 3. The molecule has 0 aliphatic carbocycles. The molecule has 0 atom stereocenters. The fraction of sp³-hybridized carbons (Fsp3) is 0.278. The number of ether oxygens (including phenoxy) is 2. The zero-order chi connectivity index (χ0) is 30.3. The van der Waals surface area contributed by atoms with Crippen molar-refractivity contribution in [1.82, 2.24) is 14.8 Å². The van der Waals surface area contributed by atoms with Crippen LogP contribution in [0.25, 0.3) is 6.08 Å². The van der Waals surface area contributed by atoms with Crippen LogP contribution in [0.4, 0.5) is 0 Å². The van der Waals surface area contributed by atoms with E-state index in [0.29, 0.717) is 47.7 Å². The summed E-state index contributed by atoms with van der Waals surface area (Å²) in [6.07, 6.45) is 3.53. The summed E-state index contributed by atoms with van der Waals surface area (Å²) in [6.45, 7) is 12.5. The molecule has 5 rings (SSSR count). The molecule has 4 aromatic rings. The van der Waals surface area contributed by atoms with Gasteiger partial charge >= 0.3 is 0 Å². The second kappa shape index (κ2) is 13.9. The van der Waals surface area contributed by atoms with Crippen molar-refractivity contribution in [3.63, 3.8) is 0 Å². The number of aromatic nitrogens is 1. The maximum absolute atomic E-state index is 13.2. The van der Waals surface area contributed by atoms with E-state index in [1.165, 1.54) is 16.7 Å². The SMILES string of the molecule is CC(=Cc1cc(C)c(Oc2ccc(OCc3ccc(C)cc3)cn2)c(Cl)c1)C(=O)N1CCN(Cc2ccc(C)cc2)CC1. The third-order valence-electron chi connectivity index (χ3n) is 7.60. The first kappa shape index (κ1) is 30.3. The minimum Gasteiger partial charge on any atom is -0.487 e. The average molecular weight is 596 g/mol. The minimum absolute atomic E-state index is 0.0537. The quantitative estimate of drug-likeness (QED) is 0.185. The third-order valence-corrected chi connectivity index (χ3v) is 7.88. The van der Waals surface area contributed by atoms with Crippen LogP contribution < -0.4 is 9.47 Å². The maximum atomic E-state index is 13.2. The second-order valence-electron chi connectivity index (χ2n) is 11.2. The number of pyridine rings is 1. The molecule has 2 heterocycles. The van der Waals surface area contributed by atoms with Crippen LogP contribution in [0, 0.1) is 20.8 Å². The molecular formula is C36H38ClN3O3. The summed E-state index contributed by atoms with van der Waals surface area (Å²) in [4.78, 5) is 21.9. The van der Waals surface area contributed by atoms with Gasteiger partial charge in [0.05, 0.1) is 11.2 Å². The molecule has 1 saturated heterocycles. The van der Waals surface area contributed by atoms with Crippen molar-refractivity contribution in [1.29, 1.82) is 0 Å². The molecule has 0 spiro atoms. The molecule has 1 aliphatic rings.